The van der Waals surface area contributed by atoms with Crippen molar-refractivity contribution in [2.75, 3.05) is 17.2 Å². The lowest BCUT2D eigenvalue weighted by molar-refractivity contribution is 0.102. The van der Waals surface area contributed by atoms with Crippen molar-refractivity contribution in [1.82, 2.24) is 4.98 Å². The van der Waals surface area contributed by atoms with E-state index in [4.69, 9.17) is 0 Å². The van der Waals surface area contributed by atoms with Crippen LogP contribution in [0.25, 0.3) is 0 Å². The maximum atomic E-state index is 13.5. The summed E-state index contributed by atoms with van der Waals surface area (Å²) in [7, 11) is 0. The zero-order chi connectivity index (χ0) is 14.4. The number of para-hydroxylation sites is 2. The maximum Gasteiger partial charge on any atom is 0.258 e. The van der Waals surface area contributed by atoms with E-state index in [1.165, 1.54) is 12.3 Å². The highest BCUT2D eigenvalue weighted by molar-refractivity contribution is 6.05. The lowest BCUT2D eigenvalue weighted by Crippen LogP contribution is -2.15. The highest BCUT2D eigenvalue weighted by atomic mass is 19.1. The molecule has 2 N–H and O–H groups in total. The fourth-order valence-electron chi connectivity index (χ4n) is 1.75. The number of halogens is 1. The molecule has 5 heteroatoms. The van der Waals surface area contributed by atoms with Crippen molar-refractivity contribution in [1.29, 1.82) is 0 Å². The van der Waals surface area contributed by atoms with E-state index in [1.807, 2.05) is 18.2 Å². The molecule has 0 radical (unpaired) electrons. The summed E-state index contributed by atoms with van der Waals surface area (Å²) in [6.45, 7) is 2.86. The number of aromatic nitrogens is 1. The van der Waals surface area contributed by atoms with Crippen molar-refractivity contribution in [2.45, 2.75) is 13.3 Å². The zero-order valence-corrected chi connectivity index (χ0v) is 11.2. The number of nitrogens with one attached hydrogen (secondary N) is 2. The Labute approximate surface area is 117 Å². The average molecular weight is 273 g/mol. The van der Waals surface area contributed by atoms with Crippen molar-refractivity contribution in [3.63, 3.8) is 0 Å². The highest BCUT2D eigenvalue weighted by Crippen LogP contribution is 2.22. The van der Waals surface area contributed by atoms with Crippen LogP contribution in [0, 0.1) is 5.82 Å². The molecule has 0 spiro atoms. The Kier molecular flexibility index (Phi) is 4.65. The van der Waals surface area contributed by atoms with E-state index in [-0.39, 0.29) is 5.56 Å². The summed E-state index contributed by atoms with van der Waals surface area (Å²) in [5.41, 5.74) is 1.42. The van der Waals surface area contributed by atoms with Crippen LogP contribution in [0.4, 0.5) is 15.8 Å². The van der Waals surface area contributed by atoms with Crippen LogP contribution in [0.5, 0.6) is 0 Å². The van der Waals surface area contributed by atoms with Crippen LogP contribution in [0.15, 0.2) is 42.7 Å². The SMILES string of the molecule is CCCNc1ccccc1NC(=O)c1ccncc1F. The Hall–Kier alpha value is -2.43. The van der Waals surface area contributed by atoms with Crippen molar-refractivity contribution in [3.05, 3.63) is 54.1 Å². The van der Waals surface area contributed by atoms with Gasteiger partial charge in [0, 0.05) is 12.7 Å². The molecular formula is C15H16FN3O. The fraction of sp³-hybridized carbons (Fsp3) is 0.200. The third-order valence-electron chi connectivity index (χ3n) is 2.76. The number of hydrogen-bond donors (Lipinski definition) is 2. The van der Waals surface area contributed by atoms with Gasteiger partial charge in [-0.1, -0.05) is 19.1 Å². The van der Waals surface area contributed by atoms with Crippen LogP contribution in [0.2, 0.25) is 0 Å². The van der Waals surface area contributed by atoms with Gasteiger partial charge in [0.15, 0.2) is 5.82 Å². The molecule has 0 bridgehead atoms. The zero-order valence-electron chi connectivity index (χ0n) is 11.2. The van der Waals surface area contributed by atoms with Gasteiger partial charge >= 0.3 is 0 Å². The summed E-state index contributed by atoms with van der Waals surface area (Å²) in [5, 5.41) is 5.92. The van der Waals surface area contributed by atoms with E-state index in [1.54, 1.807) is 6.07 Å². The first-order valence-corrected chi connectivity index (χ1v) is 6.46. The number of carbonyl (C=O) groups is 1. The number of carbonyl (C=O) groups excluding carboxylic acids is 1. The van der Waals surface area contributed by atoms with Crippen molar-refractivity contribution >= 4 is 17.3 Å². The van der Waals surface area contributed by atoms with E-state index in [0.29, 0.717) is 5.69 Å². The van der Waals surface area contributed by atoms with Gasteiger partial charge in [-0.25, -0.2) is 4.39 Å². The number of amides is 1. The van der Waals surface area contributed by atoms with Crippen LogP contribution in [-0.2, 0) is 0 Å². The molecule has 1 heterocycles. The average Bonchev–Trinajstić information content (AvgIpc) is 2.46. The molecule has 1 aromatic carbocycles. The Morgan fingerprint density at radius 3 is 2.70 bits per heavy atom. The molecule has 0 aliphatic rings. The number of benzene rings is 1. The third kappa shape index (κ3) is 3.32. The predicted molar refractivity (Wildman–Crippen MR) is 77.4 cm³/mol. The Morgan fingerprint density at radius 1 is 1.25 bits per heavy atom. The van der Waals surface area contributed by atoms with E-state index in [9.17, 15) is 9.18 Å². The molecule has 0 atom stereocenters. The van der Waals surface area contributed by atoms with Gasteiger partial charge in [0.2, 0.25) is 0 Å². The topological polar surface area (TPSA) is 54.0 Å². The second kappa shape index (κ2) is 6.65. The maximum absolute atomic E-state index is 13.5. The third-order valence-corrected chi connectivity index (χ3v) is 2.76. The van der Waals surface area contributed by atoms with Gasteiger partial charge in [-0.3, -0.25) is 9.78 Å². The molecule has 4 nitrogen and oxygen atoms in total. The van der Waals surface area contributed by atoms with Crippen LogP contribution >= 0.6 is 0 Å². The van der Waals surface area contributed by atoms with Crippen LogP contribution in [0.1, 0.15) is 23.7 Å². The number of pyridine rings is 1. The summed E-state index contributed by atoms with van der Waals surface area (Å²) in [6.07, 6.45) is 3.39. The summed E-state index contributed by atoms with van der Waals surface area (Å²) in [6, 6.07) is 8.69. The smallest absolute Gasteiger partial charge is 0.258 e. The van der Waals surface area contributed by atoms with Gasteiger partial charge in [0.25, 0.3) is 5.91 Å². The molecule has 0 unspecified atom stereocenters. The van der Waals surface area contributed by atoms with Gasteiger partial charge in [-0.15, -0.1) is 0 Å². The number of nitrogens with zero attached hydrogens (tertiary/aromatic N) is 1. The first kappa shape index (κ1) is 14.0. The first-order chi connectivity index (χ1) is 9.72. The van der Waals surface area contributed by atoms with E-state index < -0.39 is 11.7 Å². The van der Waals surface area contributed by atoms with Gasteiger partial charge < -0.3 is 10.6 Å². The molecule has 104 valence electrons. The Balaban J connectivity index is 2.18. The molecule has 2 rings (SSSR count). The number of anilines is 2. The van der Waals surface area contributed by atoms with Gasteiger partial charge in [0.1, 0.15) is 0 Å². The minimum Gasteiger partial charge on any atom is -0.383 e. The van der Waals surface area contributed by atoms with E-state index in [2.05, 4.69) is 22.5 Å². The molecule has 0 fully saturated rings. The number of hydrogen-bond acceptors (Lipinski definition) is 3. The molecule has 0 saturated carbocycles. The van der Waals surface area contributed by atoms with Crippen LogP contribution < -0.4 is 10.6 Å². The molecule has 1 amide bonds. The van der Waals surface area contributed by atoms with E-state index >= 15 is 0 Å². The fourth-order valence-corrected chi connectivity index (χ4v) is 1.75. The molecule has 20 heavy (non-hydrogen) atoms. The van der Waals surface area contributed by atoms with Gasteiger partial charge in [-0.05, 0) is 24.6 Å². The standard InChI is InChI=1S/C15H16FN3O/c1-2-8-18-13-5-3-4-6-14(13)19-15(20)11-7-9-17-10-12(11)16/h3-7,9-10,18H,2,8H2,1H3,(H,19,20). The molecule has 1 aromatic heterocycles. The second-order valence-corrected chi connectivity index (χ2v) is 4.28. The van der Waals surface area contributed by atoms with Gasteiger partial charge in [0.05, 0.1) is 23.1 Å². The summed E-state index contributed by atoms with van der Waals surface area (Å²) in [5.74, 6) is -1.13. The minimum absolute atomic E-state index is 0.0229. The van der Waals surface area contributed by atoms with Gasteiger partial charge in [-0.2, -0.15) is 0 Å². The molecule has 2 aromatic rings. The Morgan fingerprint density at radius 2 is 2.00 bits per heavy atom. The van der Waals surface area contributed by atoms with Crippen molar-refractivity contribution in [3.8, 4) is 0 Å². The largest absolute Gasteiger partial charge is 0.383 e. The molecule has 0 aliphatic heterocycles. The molecule has 0 saturated heterocycles. The monoisotopic (exact) mass is 273 g/mol. The van der Waals surface area contributed by atoms with Crippen LogP contribution in [0.3, 0.4) is 0 Å². The lowest BCUT2D eigenvalue weighted by atomic mass is 10.2. The summed E-state index contributed by atoms with van der Waals surface area (Å²) < 4.78 is 13.5. The quantitative estimate of drug-likeness (QED) is 0.879. The summed E-state index contributed by atoms with van der Waals surface area (Å²) >= 11 is 0. The first-order valence-electron chi connectivity index (χ1n) is 6.46. The van der Waals surface area contributed by atoms with Crippen molar-refractivity contribution in [2.24, 2.45) is 0 Å². The normalized spacial score (nSPS) is 10.1. The summed E-state index contributed by atoms with van der Waals surface area (Å²) in [4.78, 5) is 15.7. The Bertz CT molecular complexity index is 601. The minimum atomic E-state index is -0.635. The van der Waals surface area contributed by atoms with Crippen LogP contribution in [-0.4, -0.2) is 17.4 Å². The predicted octanol–water partition coefficient (Wildman–Crippen LogP) is 3.29. The van der Waals surface area contributed by atoms with E-state index in [0.717, 1.165) is 24.8 Å². The lowest BCUT2D eigenvalue weighted by Gasteiger charge is -2.12. The molecular weight excluding hydrogens is 257 g/mol. The molecule has 0 aliphatic carbocycles. The second-order valence-electron chi connectivity index (χ2n) is 4.28. The number of rotatable bonds is 5. The van der Waals surface area contributed by atoms with Crippen molar-refractivity contribution < 1.29 is 9.18 Å². The highest BCUT2D eigenvalue weighted by Gasteiger charge is 2.12.